The van der Waals surface area contributed by atoms with Gasteiger partial charge in [0.05, 0.1) is 18.4 Å². The maximum Gasteiger partial charge on any atom is 0.252 e. The molecule has 2 aromatic carbocycles. The van der Waals surface area contributed by atoms with Crippen molar-refractivity contribution in [3.63, 3.8) is 0 Å². The number of thioether (sulfide) groups is 1. The lowest BCUT2D eigenvalue weighted by molar-refractivity contribution is 0.0950. The van der Waals surface area contributed by atoms with Crippen molar-refractivity contribution in [2.45, 2.75) is 11.3 Å². The Kier molecular flexibility index (Phi) is 8.22. The van der Waals surface area contributed by atoms with E-state index in [9.17, 15) is 13.2 Å². The zero-order chi connectivity index (χ0) is 22.3. The molecule has 168 valence electrons. The first-order valence-electron chi connectivity index (χ1n) is 10.2. The topological polar surface area (TPSA) is 79.0 Å². The molecule has 1 saturated heterocycles. The van der Waals surface area contributed by atoms with E-state index in [1.165, 1.54) is 11.8 Å². The molecule has 1 aliphatic rings. The summed E-state index contributed by atoms with van der Waals surface area (Å²) >= 11 is 1.51. The summed E-state index contributed by atoms with van der Waals surface area (Å²) in [7, 11) is -1.71. The molecule has 1 fully saturated rings. The molecule has 1 aliphatic heterocycles. The van der Waals surface area contributed by atoms with Crippen LogP contribution in [0.1, 0.15) is 16.8 Å². The Labute approximate surface area is 188 Å². The van der Waals surface area contributed by atoms with Crippen LogP contribution in [0.5, 0.6) is 5.75 Å². The second-order valence-corrected chi connectivity index (χ2v) is 10.1. The van der Waals surface area contributed by atoms with Crippen LogP contribution < -0.4 is 15.0 Å². The number of carbonyl (C=O) groups excluding carboxylic acids is 1. The number of carbonyl (C=O) groups is 1. The molecule has 0 aliphatic carbocycles. The van der Waals surface area contributed by atoms with Gasteiger partial charge in [-0.15, -0.1) is 11.8 Å². The van der Waals surface area contributed by atoms with Gasteiger partial charge >= 0.3 is 0 Å². The van der Waals surface area contributed by atoms with Crippen LogP contribution in [0.2, 0.25) is 0 Å². The molecule has 9 heteroatoms. The summed E-state index contributed by atoms with van der Waals surface area (Å²) in [6.07, 6.45) is 2.31. The van der Waals surface area contributed by atoms with Crippen LogP contribution in [-0.4, -0.2) is 70.5 Å². The van der Waals surface area contributed by atoms with E-state index in [1.807, 2.05) is 48.7 Å². The zero-order valence-electron chi connectivity index (χ0n) is 17.9. The summed E-state index contributed by atoms with van der Waals surface area (Å²) in [6.45, 7) is 2.54. The zero-order valence-corrected chi connectivity index (χ0v) is 19.5. The van der Waals surface area contributed by atoms with Gasteiger partial charge < -0.3 is 15.0 Å². The van der Waals surface area contributed by atoms with E-state index in [0.29, 0.717) is 44.7 Å². The minimum absolute atomic E-state index is 0.0278. The smallest absolute Gasteiger partial charge is 0.252 e. The van der Waals surface area contributed by atoms with E-state index >= 15 is 0 Å². The van der Waals surface area contributed by atoms with Gasteiger partial charge in [0, 0.05) is 43.3 Å². The minimum Gasteiger partial charge on any atom is -0.497 e. The van der Waals surface area contributed by atoms with Crippen molar-refractivity contribution in [1.29, 1.82) is 0 Å². The lowest BCUT2D eigenvalue weighted by Crippen LogP contribution is -2.49. The van der Waals surface area contributed by atoms with Gasteiger partial charge in [0.15, 0.2) is 0 Å². The monoisotopic (exact) mass is 463 g/mol. The largest absolute Gasteiger partial charge is 0.497 e. The van der Waals surface area contributed by atoms with Crippen LogP contribution in [0, 0.1) is 0 Å². The Morgan fingerprint density at radius 3 is 2.39 bits per heavy atom. The van der Waals surface area contributed by atoms with E-state index in [0.717, 1.165) is 16.3 Å². The summed E-state index contributed by atoms with van der Waals surface area (Å²) < 4.78 is 32.1. The van der Waals surface area contributed by atoms with Crippen molar-refractivity contribution in [2.24, 2.45) is 0 Å². The van der Waals surface area contributed by atoms with E-state index in [-0.39, 0.29) is 11.7 Å². The lowest BCUT2D eigenvalue weighted by atomic mass is 10.2. The SMILES string of the molecule is COc1ccc(N2CCN(S(=O)(=O)CCCNC(=O)c3ccccc3SC)CC2)cc1. The molecule has 7 nitrogen and oxygen atoms in total. The first-order valence-corrected chi connectivity index (χ1v) is 13.1. The molecule has 3 rings (SSSR count). The molecule has 0 saturated carbocycles. The molecule has 2 aromatic rings. The third kappa shape index (κ3) is 6.15. The van der Waals surface area contributed by atoms with Crippen LogP contribution in [-0.2, 0) is 10.0 Å². The number of ether oxygens (including phenoxy) is 1. The van der Waals surface area contributed by atoms with E-state index in [2.05, 4.69) is 10.2 Å². The van der Waals surface area contributed by atoms with Crippen LogP contribution in [0.15, 0.2) is 53.4 Å². The van der Waals surface area contributed by atoms with Crippen molar-refractivity contribution in [3.05, 3.63) is 54.1 Å². The number of sulfonamides is 1. The van der Waals surface area contributed by atoms with Crippen LogP contribution >= 0.6 is 11.8 Å². The number of nitrogens with one attached hydrogen (secondary N) is 1. The number of nitrogens with zero attached hydrogens (tertiary/aromatic N) is 2. The van der Waals surface area contributed by atoms with Crippen LogP contribution in [0.4, 0.5) is 5.69 Å². The summed E-state index contributed by atoms with van der Waals surface area (Å²) in [4.78, 5) is 15.4. The average molecular weight is 464 g/mol. The van der Waals surface area contributed by atoms with Gasteiger partial charge in [-0.2, -0.15) is 4.31 Å². The first-order chi connectivity index (χ1) is 14.9. The van der Waals surface area contributed by atoms with Crippen LogP contribution in [0.3, 0.4) is 0 Å². The Morgan fingerprint density at radius 1 is 1.06 bits per heavy atom. The fourth-order valence-corrected chi connectivity index (χ4v) is 5.61. The molecule has 1 N–H and O–H groups in total. The minimum atomic E-state index is -3.34. The number of piperazine rings is 1. The Morgan fingerprint density at radius 2 is 1.74 bits per heavy atom. The van der Waals surface area contributed by atoms with Crippen LogP contribution in [0.25, 0.3) is 0 Å². The molecule has 0 unspecified atom stereocenters. The van der Waals surface area contributed by atoms with Crippen molar-refractivity contribution in [1.82, 2.24) is 9.62 Å². The van der Waals surface area contributed by atoms with Gasteiger partial charge in [0.1, 0.15) is 5.75 Å². The van der Waals surface area contributed by atoms with Crippen molar-refractivity contribution in [2.75, 3.05) is 56.7 Å². The molecular weight excluding hydrogens is 434 g/mol. The van der Waals surface area contributed by atoms with Gasteiger partial charge in [-0.05, 0) is 49.1 Å². The number of methoxy groups -OCH3 is 1. The molecule has 0 aromatic heterocycles. The van der Waals surface area contributed by atoms with E-state index < -0.39 is 10.0 Å². The fourth-order valence-electron chi connectivity index (χ4n) is 3.53. The summed E-state index contributed by atoms with van der Waals surface area (Å²) in [5.74, 6) is 0.657. The standard InChI is InChI=1S/C22H29N3O4S2/c1-29-19-10-8-18(9-11-19)24-13-15-25(16-14-24)31(27,28)17-5-12-23-22(26)20-6-3-4-7-21(20)30-2/h3-4,6-11H,5,12-17H2,1-2H3,(H,23,26). The Hall–Kier alpha value is -2.23. The molecule has 0 atom stereocenters. The molecule has 0 spiro atoms. The summed E-state index contributed by atoms with van der Waals surface area (Å²) in [5.41, 5.74) is 1.68. The number of benzene rings is 2. The normalized spacial score (nSPS) is 15.0. The number of hydrogen-bond donors (Lipinski definition) is 1. The lowest BCUT2D eigenvalue weighted by Gasteiger charge is -2.35. The second kappa shape index (κ2) is 10.9. The number of amides is 1. The average Bonchev–Trinajstić information content (AvgIpc) is 2.81. The number of hydrogen-bond acceptors (Lipinski definition) is 6. The molecule has 0 bridgehead atoms. The molecule has 1 amide bonds. The maximum absolute atomic E-state index is 12.7. The van der Waals surface area contributed by atoms with Crippen molar-refractivity contribution >= 4 is 33.4 Å². The van der Waals surface area contributed by atoms with Gasteiger partial charge in [0.25, 0.3) is 5.91 Å². The fraction of sp³-hybridized carbons (Fsp3) is 0.409. The highest BCUT2D eigenvalue weighted by molar-refractivity contribution is 7.98. The maximum atomic E-state index is 12.7. The molecular formula is C22H29N3O4S2. The van der Waals surface area contributed by atoms with Crippen molar-refractivity contribution in [3.8, 4) is 5.75 Å². The third-order valence-electron chi connectivity index (χ3n) is 5.29. The highest BCUT2D eigenvalue weighted by Gasteiger charge is 2.26. The van der Waals surface area contributed by atoms with Crippen molar-refractivity contribution < 1.29 is 17.9 Å². The highest BCUT2D eigenvalue weighted by atomic mass is 32.2. The van der Waals surface area contributed by atoms with E-state index in [1.54, 1.807) is 17.5 Å². The molecule has 0 radical (unpaired) electrons. The van der Waals surface area contributed by atoms with Gasteiger partial charge in [-0.3, -0.25) is 4.79 Å². The molecule has 31 heavy (non-hydrogen) atoms. The molecule has 1 heterocycles. The second-order valence-electron chi connectivity index (χ2n) is 7.21. The first kappa shape index (κ1) is 23.4. The van der Waals surface area contributed by atoms with Gasteiger partial charge in [0.2, 0.25) is 10.0 Å². The Balaban J connectivity index is 1.44. The Bertz CT molecular complexity index is 973. The van der Waals surface area contributed by atoms with Gasteiger partial charge in [-0.1, -0.05) is 12.1 Å². The third-order valence-corrected chi connectivity index (χ3v) is 8.04. The predicted molar refractivity (Wildman–Crippen MR) is 126 cm³/mol. The number of rotatable bonds is 9. The highest BCUT2D eigenvalue weighted by Crippen LogP contribution is 2.22. The predicted octanol–water partition coefficient (Wildman–Crippen LogP) is 2.69. The van der Waals surface area contributed by atoms with E-state index in [4.69, 9.17) is 4.74 Å². The summed E-state index contributed by atoms with van der Waals surface area (Å²) in [6, 6.07) is 15.2. The number of anilines is 1. The van der Waals surface area contributed by atoms with Gasteiger partial charge in [-0.25, -0.2) is 8.42 Å². The quantitative estimate of drug-likeness (QED) is 0.455. The summed E-state index contributed by atoms with van der Waals surface area (Å²) in [5, 5.41) is 2.83.